The van der Waals surface area contributed by atoms with Crippen LogP contribution in [0.15, 0.2) is 53.3 Å². The Balaban J connectivity index is 2.40. The van der Waals surface area contributed by atoms with Gasteiger partial charge in [-0.05, 0) is 55.8 Å². The lowest BCUT2D eigenvalue weighted by molar-refractivity contribution is -0.119. The molecule has 3 rings (SSSR count). The lowest BCUT2D eigenvalue weighted by Crippen LogP contribution is -2.45. The van der Waals surface area contributed by atoms with Gasteiger partial charge >= 0.3 is 6.09 Å². The van der Waals surface area contributed by atoms with Crippen LogP contribution in [-0.4, -0.2) is 38.7 Å². The van der Waals surface area contributed by atoms with Crippen LogP contribution in [0, 0.1) is 5.92 Å². The molecule has 0 aliphatic carbocycles. The Hall–Kier alpha value is -3.81. The van der Waals surface area contributed by atoms with Crippen molar-refractivity contribution in [3.63, 3.8) is 0 Å². The minimum atomic E-state index is -1.06. The number of carboxylic acid groups (broad SMARTS) is 1. The van der Waals surface area contributed by atoms with E-state index in [9.17, 15) is 19.5 Å². The highest BCUT2D eigenvalue weighted by Gasteiger charge is 2.30. The van der Waals surface area contributed by atoms with Gasteiger partial charge in [-0.15, -0.1) is 0 Å². The van der Waals surface area contributed by atoms with Crippen molar-refractivity contribution in [1.29, 1.82) is 0 Å². The molecule has 0 radical (unpaired) electrons. The first-order chi connectivity index (χ1) is 16.4. The smallest absolute Gasteiger partial charge is 0.408 e. The number of nitrogens with zero attached hydrogens (tertiary/aromatic N) is 2. The highest BCUT2D eigenvalue weighted by atomic mass is 16.5. The number of amides is 2. The van der Waals surface area contributed by atoms with Gasteiger partial charge in [-0.1, -0.05) is 44.2 Å². The summed E-state index contributed by atoms with van der Waals surface area (Å²) in [6, 6.07) is 14.7. The molecule has 0 atom stereocenters. The van der Waals surface area contributed by atoms with Crippen molar-refractivity contribution in [1.82, 2.24) is 9.47 Å². The molecular weight excluding hydrogens is 446 g/mol. The molecular formula is C27H33N3O5. The fraction of sp³-hybridized carbons (Fsp3) is 0.370. The predicted molar refractivity (Wildman–Crippen MR) is 136 cm³/mol. The fourth-order valence-corrected chi connectivity index (χ4v) is 4.11. The molecule has 1 heterocycles. The first-order valence-electron chi connectivity index (χ1n) is 11.6. The standard InChI is InChI=1S/C27H33N3O5/c1-17(2)14-29-22(15-30(26(33)34)27(3,4)5)24(18-9-7-6-8-10-18)20-12-11-19(35-16-23(28)31)13-21(20)25(29)32/h6-13,17H,14-16H2,1-5H3,(H2,28,31)(H,33,34). The van der Waals surface area contributed by atoms with E-state index >= 15 is 0 Å². The average molecular weight is 480 g/mol. The van der Waals surface area contributed by atoms with Gasteiger partial charge in [0.25, 0.3) is 11.5 Å². The van der Waals surface area contributed by atoms with Crippen LogP contribution in [0.2, 0.25) is 0 Å². The number of fused-ring (bicyclic) bond motifs is 1. The molecule has 0 spiro atoms. The van der Waals surface area contributed by atoms with Crippen LogP contribution < -0.4 is 16.0 Å². The van der Waals surface area contributed by atoms with Crippen molar-refractivity contribution in [2.75, 3.05) is 6.61 Å². The zero-order valence-electron chi connectivity index (χ0n) is 20.9. The number of nitrogens with two attached hydrogens (primary N) is 1. The first-order valence-corrected chi connectivity index (χ1v) is 11.6. The van der Waals surface area contributed by atoms with Gasteiger partial charge in [0, 0.05) is 23.3 Å². The number of aromatic nitrogens is 1. The van der Waals surface area contributed by atoms with Gasteiger partial charge in [-0.3, -0.25) is 14.5 Å². The van der Waals surface area contributed by atoms with Crippen molar-refractivity contribution in [2.24, 2.45) is 11.7 Å². The quantitative estimate of drug-likeness (QED) is 0.495. The molecule has 1 aromatic heterocycles. The highest BCUT2D eigenvalue weighted by Crippen LogP contribution is 2.34. The van der Waals surface area contributed by atoms with Gasteiger partial charge < -0.3 is 20.1 Å². The summed E-state index contributed by atoms with van der Waals surface area (Å²) in [4.78, 5) is 38.6. The Bertz CT molecular complexity index is 1290. The second-order valence-electron chi connectivity index (χ2n) is 10.00. The van der Waals surface area contributed by atoms with E-state index in [0.717, 1.165) is 11.1 Å². The third-order valence-electron chi connectivity index (χ3n) is 5.69. The second kappa shape index (κ2) is 10.2. The number of carbonyl (C=O) groups is 2. The first kappa shape index (κ1) is 25.8. The maximum atomic E-state index is 13.8. The van der Waals surface area contributed by atoms with E-state index < -0.39 is 17.5 Å². The summed E-state index contributed by atoms with van der Waals surface area (Å²) in [5.74, 6) is -0.119. The Labute approximate surface area is 204 Å². The lowest BCUT2D eigenvalue weighted by Gasteiger charge is -2.35. The van der Waals surface area contributed by atoms with E-state index in [1.54, 1.807) is 22.8 Å². The Morgan fingerprint density at radius 2 is 1.74 bits per heavy atom. The molecule has 8 heteroatoms. The summed E-state index contributed by atoms with van der Waals surface area (Å²) >= 11 is 0. The molecule has 2 aromatic carbocycles. The van der Waals surface area contributed by atoms with Crippen LogP contribution >= 0.6 is 0 Å². The number of benzene rings is 2. The molecule has 3 N–H and O–H groups in total. The van der Waals surface area contributed by atoms with Crippen LogP contribution in [0.25, 0.3) is 21.9 Å². The van der Waals surface area contributed by atoms with Crippen LogP contribution in [0.3, 0.4) is 0 Å². The van der Waals surface area contributed by atoms with Crippen molar-refractivity contribution in [2.45, 2.75) is 53.2 Å². The zero-order valence-corrected chi connectivity index (χ0v) is 20.9. The number of pyridine rings is 1. The highest BCUT2D eigenvalue weighted by molar-refractivity contribution is 5.98. The minimum Gasteiger partial charge on any atom is -0.484 e. The van der Waals surface area contributed by atoms with Gasteiger partial charge in [0.1, 0.15) is 5.75 Å². The fourth-order valence-electron chi connectivity index (χ4n) is 4.11. The number of hydrogen-bond donors (Lipinski definition) is 2. The number of carbonyl (C=O) groups excluding carboxylic acids is 1. The molecule has 0 fully saturated rings. The van der Waals surface area contributed by atoms with Crippen LogP contribution in [0.5, 0.6) is 5.75 Å². The number of rotatable bonds is 8. The van der Waals surface area contributed by atoms with Crippen molar-refractivity contribution < 1.29 is 19.4 Å². The Morgan fingerprint density at radius 1 is 1.09 bits per heavy atom. The van der Waals surface area contributed by atoms with Gasteiger partial charge in [0.2, 0.25) is 0 Å². The maximum Gasteiger partial charge on any atom is 0.408 e. The third kappa shape index (κ3) is 5.82. The summed E-state index contributed by atoms with van der Waals surface area (Å²) in [5.41, 5.74) is 6.57. The number of ether oxygens (including phenoxy) is 1. The monoisotopic (exact) mass is 479 g/mol. The van der Waals surface area contributed by atoms with Crippen LogP contribution in [0.1, 0.15) is 40.3 Å². The van der Waals surface area contributed by atoms with Gasteiger partial charge in [0.15, 0.2) is 6.61 Å². The summed E-state index contributed by atoms with van der Waals surface area (Å²) in [6.45, 7) is 9.66. The van der Waals surface area contributed by atoms with E-state index in [2.05, 4.69) is 0 Å². The Morgan fingerprint density at radius 3 is 2.29 bits per heavy atom. The molecule has 35 heavy (non-hydrogen) atoms. The van der Waals surface area contributed by atoms with E-state index in [-0.39, 0.29) is 24.6 Å². The molecule has 0 aliphatic rings. The number of primary amides is 1. The molecule has 8 nitrogen and oxygen atoms in total. The van der Waals surface area contributed by atoms with Gasteiger partial charge in [-0.2, -0.15) is 0 Å². The van der Waals surface area contributed by atoms with Gasteiger partial charge in [0.05, 0.1) is 11.9 Å². The summed E-state index contributed by atoms with van der Waals surface area (Å²) in [5, 5.41) is 11.1. The molecule has 186 valence electrons. The van der Waals surface area contributed by atoms with Crippen molar-refractivity contribution in [3.05, 3.63) is 64.6 Å². The SMILES string of the molecule is CC(C)Cn1c(CN(C(=O)O)C(C)(C)C)c(-c2ccccc2)c2ccc(OCC(N)=O)cc2c1=O. The molecule has 0 aliphatic heterocycles. The van der Waals surface area contributed by atoms with E-state index in [1.807, 2.05) is 65.0 Å². The maximum absolute atomic E-state index is 13.8. The molecule has 0 bridgehead atoms. The molecule has 2 amide bonds. The lowest BCUT2D eigenvalue weighted by atomic mass is 9.95. The predicted octanol–water partition coefficient (Wildman–Crippen LogP) is 4.47. The van der Waals surface area contributed by atoms with Crippen molar-refractivity contribution >= 4 is 22.8 Å². The van der Waals surface area contributed by atoms with Crippen LogP contribution in [-0.2, 0) is 17.9 Å². The molecule has 0 saturated carbocycles. The van der Waals surface area contributed by atoms with E-state index in [4.69, 9.17) is 10.5 Å². The van der Waals surface area contributed by atoms with Crippen molar-refractivity contribution in [3.8, 4) is 16.9 Å². The Kier molecular flexibility index (Phi) is 7.53. The third-order valence-corrected chi connectivity index (χ3v) is 5.69. The molecule has 0 saturated heterocycles. The normalized spacial score (nSPS) is 11.6. The average Bonchev–Trinajstić information content (AvgIpc) is 2.77. The van der Waals surface area contributed by atoms with E-state index in [1.165, 1.54) is 4.90 Å². The van der Waals surface area contributed by atoms with Crippen LogP contribution in [0.4, 0.5) is 4.79 Å². The van der Waals surface area contributed by atoms with Gasteiger partial charge in [-0.25, -0.2) is 4.79 Å². The summed E-state index contributed by atoms with van der Waals surface area (Å²) in [6.07, 6.45) is -1.06. The summed E-state index contributed by atoms with van der Waals surface area (Å²) < 4.78 is 7.13. The second-order valence-corrected chi connectivity index (χ2v) is 10.00. The largest absolute Gasteiger partial charge is 0.484 e. The zero-order chi connectivity index (χ0) is 25.9. The summed E-state index contributed by atoms with van der Waals surface area (Å²) in [7, 11) is 0. The van der Waals surface area contributed by atoms with E-state index in [0.29, 0.717) is 28.8 Å². The molecule has 0 unspecified atom stereocenters. The number of hydrogen-bond acceptors (Lipinski definition) is 4. The topological polar surface area (TPSA) is 115 Å². The molecule has 3 aromatic rings. The minimum absolute atomic E-state index is 0.0425.